The molecule has 0 aliphatic carbocycles. The molecule has 1 saturated heterocycles. The zero-order chi connectivity index (χ0) is 16.9. The molecule has 1 heterocycles. The first-order valence-corrected chi connectivity index (χ1v) is 8.42. The molecule has 2 aromatic carbocycles. The molecule has 126 valence electrons. The van der Waals surface area contributed by atoms with Crippen LogP contribution in [-0.2, 0) is 16.0 Å². The van der Waals surface area contributed by atoms with Gasteiger partial charge in [-0.25, -0.2) is 0 Å². The number of morpholine rings is 1. The molecule has 0 bridgehead atoms. The normalized spacial score (nSPS) is 17.7. The van der Waals surface area contributed by atoms with E-state index < -0.39 is 0 Å². The monoisotopic (exact) mass is 345 g/mol. The summed E-state index contributed by atoms with van der Waals surface area (Å²) in [6, 6.07) is 14.5. The zero-order valence-electron chi connectivity index (χ0n) is 13.3. The molecule has 1 amide bonds. The van der Waals surface area contributed by atoms with Gasteiger partial charge in [-0.1, -0.05) is 35.9 Å². The van der Waals surface area contributed by atoms with Gasteiger partial charge in [0.05, 0.1) is 13.2 Å². The molecule has 4 nitrogen and oxygen atoms in total. The van der Waals surface area contributed by atoms with Crippen molar-refractivity contribution >= 4 is 17.5 Å². The molecule has 0 unspecified atom stereocenters. The summed E-state index contributed by atoms with van der Waals surface area (Å²) in [6.07, 6.45) is 1.02. The van der Waals surface area contributed by atoms with Crippen molar-refractivity contribution in [3.63, 3.8) is 0 Å². The average Bonchev–Trinajstić information content (AvgIpc) is 2.62. The molecule has 0 spiro atoms. The van der Waals surface area contributed by atoms with Gasteiger partial charge in [0, 0.05) is 18.0 Å². The number of hydrogen-bond donors (Lipinski definition) is 1. The van der Waals surface area contributed by atoms with Gasteiger partial charge in [0.2, 0.25) is 5.91 Å². The van der Waals surface area contributed by atoms with Crippen molar-refractivity contribution in [2.75, 3.05) is 19.7 Å². The van der Waals surface area contributed by atoms with Crippen molar-refractivity contribution in [1.29, 1.82) is 0 Å². The SMILES string of the molecule is O=C(CCc1ccc(O)cc1)N1CCO[C@@H](c2ccc(Cl)cc2)C1. The maximum Gasteiger partial charge on any atom is 0.223 e. The summed E-state index contributed by atoms with van der Waals surface area (Å²) in [5.41, 5.74) is 2.08. The van der Waals surface area contributed by atoms with E-state index >= 15 is 0 Å². The van der Waals surface area contributed by atoms with Gasteiger partial charge in [-0.3, -0.25) is 4.79 Å². The number of aromatic hydroxyl groups is 1. The van der Waals surface area contributed by atoms with E-state index in [4.69, 9.17) is 16.3 Å². The Bertz CT molecular complexity index is 685. The molecule has 1 atom stereocenters. The second-order valence-corrected chi connectivity index (χ2v) is 6.35. The van der Waals surface area contributed by atoms with Gasteiger partial charge in [0.25, 0.3) is 0 Å². The van der Waals surface area contributed by atoms with E-state index in [1.807, 2.05) is 41.3 Å². The second kappa shape index (κ2) is 7.69. The lowest BCUT2D eigenvalue weighted by molar-refractivity contribution is -0.139. The summed E-state index contributed by atoms with van der Waals surface area (Å²) in [5, 5.41) is 9.99. The molecule has 1 N–H and O–H groups in total. The summed E-state index contributed by atoms with van der Waals surface area (Å²) in [4.78, 5) is 14.3. The third-order valence-electron chi connectivity index (χ3n) is 4.22. The molecule has 0 aromatic heterocycles. The standard InChI is InChI=1S/C19H20ClNO3/c20-16-6-4-15(5-7-16)18-13-21(11-12-24-18)19(23)10-3-14-1-8-17(22)9-2-14/h1-2,4-9,18,22H,3,10-13H2/t18-/m1/s1. The number of hydrogen-bond acceptors (Lipinski definition) is 3. The van der Waals surface area contributed by atoms with Crippen LogP contribution in [0.3, 0.4) is 0 Å². The number of carbonyl (C=O) groups is 1. The Kier molecular flexibility index (Phi) is 5.38. The fourth-order valence-electron chi connectivity index (χ4n) is 2.83. The quantitative estimate of drug-likeness (QED) is 0.921. The average molecular weight is 346 g/mol. The predicted molar refractivity (Wildman–Crippen MR) is 93.2 cm³/mol. The van der Waals surface area contributed by atoms with Crippen LogP contribution in [0.15, 0.2) is 48.5 Å². The summed E-state index contributed by atoms with van der Waals surface area (Å²) in [6.45, 7) is 1.73. The second-order valence-electron chi connectivity index (χ2n) is 5.92. The van der Waals surface area contributed by atoms with E-state index in [0.717, 1.165) is 11.1 Å². The van der Waals surface area contributed by atoms with Crippen LogP contribution in [0.1, 0.15) is 23.7 Å². The van der Waals surface area contributed by atoms with Gasteiger partial charge in [0.15, 0.2) is 0 Å². The molecule has 1 fully saturated rings. The van der Waals surface area contributed by atoms with E-state index in [2.05, 4.69) is 0 Å². The van der Waals surface area contributed by atoms with Crippen LogP contribution >= 0.6 is 11.6 Å². The Labute approximate surface area is 146 Å². The minimum atomic E-state index is -0.103. The van der Waals surface area contributed by atoms with Crippen molar-refractivity contribution in [1.82, 2.24) is 4.90 Å². The highest BCUT2D eigenvalue weighted by Crippen LogP contribution is 2.24. The zero-order valence-corrected chi connectivity index (χ0v) is 14.1. The number of nitrogens with zero attached hydrogens (tertiary/aromatic N) is 1. The van der Waals surface area contributed by atoms with Gasteiger partial charge < -0.3 is 14.7 Å². The molecule has 24 heavy (non-hydrogen) atoms. The third kappa shape index (κ3) is 4.28. The van der Waals surface area contributed by atoms with Gasteiger partial charge in [-0.2, -0.15) is 0 Å². The molecule has 1 aliphatic rings. The van der Waals surface area contributed by atoms with Crippen LogP contribution in [0, 0.1) is 0 Å². The fraction of sp³-hybridized carbons (Fsp3) is 0.316. The van der Waals surface area contributed by atoms with E-state index in [9.17, 15) is 9.90 Å². The van der Waals surface area contributed by atoms with E-state index in [0.29, 0.717) is 37.6 Å². The molecular weight excluding hydrogens is 326 g/mol. The molecule has 5 heteroatoms. The van der Waals surface area contributed by atoms with Crippen LogP contribution in [-0.4, -0.2) is 35.6 Å². The van der Waals surface area contributed by atoms with Crippen molar-refractivity contribution in [2.45, 2.75) is 18.9 Å². The van der Waals surface area contributed by atoms with Gasteiger partial charge in [0.1, 0.15) is 11.9 Å². The number of benzene rings is 2. The predicted octanol–water partition coefficient (Wildman–Crippen LogP) is 3.58. The highest BCUT2D eigenvalue weighted by atomic mass is 35.5. The number of phenols is 1. The smallest absolute Gasteiger partial charge is 0.223 e. The lowest BCUT2D eigenvalue weighted by Crippen LogP contribution is -2.42. The maximum atomic E-state index is 12.5. The van der Waals surface area contributed by atoms with Crippen LogP contribution in [0.5, 0.6) is 5.75 Å². The first-order chi connectivity index (χ1) is 11.6. The first-order valence-electron chi connectivity index (χ1n) is 8.04. The molecule has 0 saturated carbocycles. The lowest BCUT2D eigenvalue weighted by atomic mass is 10.1. The summed E-state index contributed by atoms with van der Waals surface area (Å²) < 4.78 is 5.80. The Hall–Kier alpha value is -2.04. The summed E-state index contributed by atoms with van der Waals surface area (Å²) in [7, 11) is 0. The van der Waals surface area contributed by atoms with Gasteiger partial charge in [-0.15, -0.1) is 0 Å². The minimum Gasteiger partial charge on any atom is -0.508 e. The Balaban J connectivity index is 1.56. The summed E-state index contributed by atoms with van der Waals surface area (Å²) >= 11 is 5.92. The highest BCUT2D eigenvalue weighted by molar-refractivity contribution is 6.30. The number of rotatable bonds is 4. The van der Waals surface area contributed by atoms with Crippen molar-refractivity contribution in [3.05, 3.63) is 64.7 Å². The lowest BCUT2D eigenvalue weighted by Gasteiger charge is -2.33. The molecule has 1 aliphatic heterocycles. The number of halogens is 1. The molecule has 3 rings (SSSR count). The number of carbonyl (C=O) groups excluding carboxylic acids is 1. The Morgan fingerprint density at radius 1 is 1.17 bits per heavy atom. The highest BCUT2D eigenvalue weighted by Gasteiger charge is 2.25. The number of ether oxygens (including phenoxy) is 1. The van der Waals surface area contributed by atoms with Crippen molar-refractivity contribution < 1.29 is 14.6 Å². The Morgan fingerprint density at radius 2 is 1.88 bits per heavy atom. The maximum absolute atomic E-state index is 12.5. The molecular formula is C19H20ClNO3. The van der Waals surface area contributed by atoms with E-state index in [1.54, 1.807) is 12.1 Å². The molecule has 2 aromatic rings. The van der Waals surface area contributed by atoms with Gasteiger partial charge in [-0.05, 0) is 41.8 Å². The third-order valence-corrected chi connectivity index (χ3v) is 4.48. The molecule has 0 radical (unpaired) electrons. The van der Waals surface area contributed by atoms with E-state index in [1.165, 1.54) is 0 Å². The number of phenolic OH excluding ortho intramolecular Hbond substituents is 1. The summed E-state index contributed by atoms with van der Waals surface area (Å²) in [5.74, 6) is 0.370. The fourth-order valence-corrected chi connectivity index (χ4v) is 2.95. The Morgan fingerprint density at radius 3 is 2.58 bits per heavy atom. The van der Waals surface area contributed by atoms with Crippen LogP contribution < -0.4 is 0 Å². The van der Waals surface area contributed by atoms with E-state index in [-0.39, 0.29) is 17.8 Å². The van der Waals surface area contributed by atoms with Crippen molar-refractivity contribution in [3.8, 4) is 5.75 Å². The van der Waals surface area contributed by atoms with Gasteiger partial charge >= 0.3 is 0 Å². The van der Waals surface area contributed by atoms with Crippen LogP contribution in [0.25, 0.3) is 0 Å². The topological polar surface area (TPSA) is 49.8 Å². The minimum absolute atomic E-state index is 0.103. The number of aryl methyl sites for hydroxylation is 1. The number of amides is 1. The van der Waals surface area contributed by atoms with Crippen LogP contribution in [0.4, 0.5) is 0 Å². The largest absolute Gasteiger partial charge is 0.508 e. The van der Waals surface area contributed by atoms with Crippen LogP contribution in [0.2, 0.25) is 5.02 Å². The van der Waals surface area contributed by atoms with Crippen molar-refractivity contribution in [2.24, 2.45) is 0 Å². The first kappa shape index (κ1) is 16.8.